The number of rotatable bonds is 5. The summed E-state index contributed by atoms with van der Waals surface area (Å²) in [5.74, 6) is -0.181. The van der Waals surface area contributed by atoms with Gasteiger partial charge in [0.1, 0.15) is 5.69 Å². The first-order valence-electron chi connectivity index (χ1n) is 6.60. The molecule has 1 aliphatic carbocycles. The summed E-state index contributed by atoms with van der Waals surface area (Å²) in [5.41, 5.74) is 0.753. The van der Waals surface area contributed by atoms with Gasteiger partial charge < -0.3 is 10.1 Å². The number of nitrogens with one attached hydrogen (secondary N) is 1. The Labute approximate surface area is 117 Å². The van der Waals surface area contributed by atoms with Gasteiger partial charge in [-0.15, -0.1) is 0 Å². The average Bonchev–Trinajstić information content (AvgIpc) is 2.86. The van der Waals surface area contributed by atoms with Gasteiger partial charge in [-0.1, -0.05) is 0 Å². The van der Waals surface area contributed by atoms with Gasteiger partial charge in [0.05, 0.1) is 11.0 Å². The number of ketones is 1. The lowest BCUT2D eigenvalue weighted by atomic mass is 10.1. The van der Waals surface area contributed by atoms with Crippen molar-refractivity contribution in [3.05, 3.63) is 33.9 Å². The standard InChI is InChI=1S/C14H18N2O4/c1-9(17)10-3-6-13(14(7-10)16(18)19)15-11-4-5-12(8-11)20-2/h3,6-7,11-12,15H,4-5,8H2,1-2H3. The molecular formula is C14H18N2O4. The van der Waals surface area contributed by atoms with Crippen LogP contribution < -0.4 is 5.32 Å². The third kappa shape index (κ3) is 3.14. The highest BCUT2D eigenvalue weighted by Gasteiger charge is 2.26. The van der Waals surface area contributed by atoms with Crippen LogP contribution in [0.1, 0.15) is 36.5 Å². The van der Waals surface area contributed by atoms with Crippen LogP contribution in [0.5, 0.6) is 0 Å². The topological polar surface area (TPSA) is 81.5 Å². The van der Waals surface area contributed by atoms with Gasteiger partial charge in [0.2, 0.25) is 0 Å². The number of methoxy groups -OCH3 is 1. The number of nitrogens with zero attached hydrogens (tertiary/aromatic N) is 1. The quantitative estimate of drug-likeness (QED) is 0.509. The summed E-state index contributed by atoms with van der Waals surface area (Å²) in [6.45, 7) is 1.40. The predicted octanol–water partition coefficient (Wildman–Crippen LogP) is 2.78. The fourth-order valence-corrected chi connectivity index (χ4v) is 2.53. The first kappa shape index (κ1) is 14.5. The van der Waals surface area contributed by atoms with Crippen molar-refractivity contribution in [3.63, 3.8) is 0 Å². The molecule has 108 valence electrons. The van der Waals surface area contributed by atoms with Gasteiger partial charge in [-0.3, -0.25) is 14.9 Å². The van der Waals surface area contributed by atoms with Crippen LogP contribution in [0, 0.1) is 10.1 Å². The zero-order valence-corrected chi connectivity index (χ0v) is 11.6. The summed E-state index contributed by atoms with van der Waals surface area (Å²) in [5, 5.41) is 14.3. The molecule has 1 aliphatic rings. The number of ether oxygens (including phenoxy) is 1. The van der Waals surface area contributed by atoms with Gasteiger partial charge in [-0.05, 0) is 38.3 Å². The molecule has 0 spiro atoms. The maximum atomic E-state index is 11.3. The van der Waals surface area contributed by atoms with Gasteiger partial charge >= 0.3 is 0 Å². The molecule has 1 saturated carbocycles. The molecule has 0 heterocycles. The molecule has 6 nitrogen and oxygen atoms in total. The largest absolute Gasteiger partial charge is 0.381 e. The third-order valence-corrected chi connectivity index (χ3v) is 3.68. The van der Waals surface area contributed by atoms with Crippen LogP contribution in [0.25, 0.3) is 0 Å². The molecule has 6 heteroatoms. The fourth-order valence-electron chi connectivity index (χ4n) is 2.53. The highest BCUT2D eigenvalue weighted by molar-refractivity contribution is 5.95. The first-order chi connectivity index (χ1) is 9.51. The molecule has 1 N–H and O–H groups in total. The molecule has 2 unspecified atom stereocenters. The number of carbonyl (C=O) groups is 1. The fraction of sp³-hybridized carbons (Fsp3) is 0.500. The lowest BCUT2D eigenvalue weighted by molar-refractivity contribution is -0.384. The normalized spacial score (nSPS) is 21.7. The van der Waals surface area contributed by atoms with E-state index in [9.17, 15) is 14.9 Å². The van der Waals surface area contributed by atoms with E-state index in [-0.39, 0.29) is 23.6 Å². The van der Waals surface area contributed by atoms with Gasteiger partial charge in [-0.2, -0.15) is 0 Å². The van der Waals surface area contributed by atoms with E-state index in [0.717, 1.165) is 19.3 Å². The minimum atomic E-state index is -0.461. The minimum absolute atomic E-state index is 0.0569. The Kier molecular flexibility index (Phi) is 4.34. The Hall–Kier alpha value is -1.95. The Morgan fingerprint density at radius 1 is 1.45 bits per heavy atom. The molecule has 1 aromatic carbocycles. The van der Waals surface area contributed by atoms with Crippen molar-refractivity contribution in [3.8, 4) is 0 Å². The summed E-state index contributed by atoms with van der Waals surface area (Å²) in [6.07, 6.45) is 2.92. The van der Waals surface area contributed by atoms with Crippen LogP contribution in [-0.2, 0) is 4.74 Å². The number of benzene rings is 1. The summed E-state index contributed by atoms with van der Waals surface area (Å²) >= 11 is 0. The van der Waals surface area contributed by atoms with Crippen molar-refractivity contribution in [1.29, 1.82) is 0 Å². The number of anilines is 1. The number of carbonyl (C=O) groups excluding carboxylic acids is 1. The molecule has 20 heavy (non-hydrogen) atoms. The number of nitro benzene ring substituents is 1. The van der Waals surface area contributed by atoms with Crippen molar-refractivity contribution < 1.29 is 14.5 Å². The van der Waals surface area contributed by atoms with E-state index in [1.165, 1.54) is 13.0 Å². The van der Waals surface area contributed by atoms with Crippen LogP contribution in [0.15, 0.2) is 18.2 Å². The van der Waals surface area contributed by atoms with Gasteiger partial charge in [-0.25, -0.2) is 0 Å². The van der Waals surface area contributed by atoms with E-state index in [4.69, 9.17) is 4.74 Å². The Morgan fingerprint density at radius 3 is 2.75 bits per heavy atom. The summed E-state index contributed by atoms with van der Waals surface area (Å²) in [6, 6.07) is 4.71. The lowest BCUT2D eigenvalue weighted by Gasteiger charge is -2.14. The maximum Gasteiger partial charge on any atom is 0.293 e. The van der Waals surface area contributed by atoms with E-state index < -0.39 is 4.92 Å². The second-order valence-corrected chi connectivity index (χ2v) is 5.06. The Bertz CT molecular complexity index is 530. The molecule has 0 saturated heterocycles. The Balaban J connectivity index is 2.19. The van der Waals surface area contributed by atoms with Crippen LogP contribution in [0.2, 0.25) is 0 Å². The van der Waals surface area contributed by atoms with Crippen LogP contribution in [0.4, 0.5) is 11.4 Å². The van der Waals surface area contributed by atoms with Gasteiger partial charge in [0.25, 0.3) is 5.69 Å². The molecule has 2 rings (SSSR count). The molecule has 0 aromatic heterocycles. The second kappa shape index (κ2) is 6.00. The number of Topliss-reactive ketones (excluding diaryl/α,β-unsaturated/α-hetero) is 1. The van der Waals surface area contributed by atoms with Crippen LogP contribution in [0.3, 0.4) is 0 Å². The number of nitro groups is 1. The van der Waals surface area contributed by atoms with E-state index in [0.29, 0.717) is 11.3 Å². The maximum absolute atomic E-state index is 11.3. The highest BCUT2D eigenvalue weighted by Crippen LogP contribution is 2.30. The van der Waals surface area contributed by atoms with Gasteiger partial charge in [0, 0.05) is 24.8 Å². The predicted molar refractivity (Wildman–Crippen MR) is 75.2 cm³/mol. The van der Waals surface area contributed by atoms with Crippen molar-refractivity contribution in [2.45, 2.75) is 38.3 Å². The molecular weight excluding hydrogens is 260 g/mol. The number of hydrogen-bond donors (Lipinski definition) is 1. The highest BCUT2D eigenvalue weighted by atomic mass is 16.6. The second-order valence-electron chi connectivity index (χ2n) is 5.06. The molecule has 2 atom stereocenters. The molecule has 1 aromatic rings. The van der Waals surface area contributed by atoms with E-state index >= 15 is 0 Å². The number of hydrogen-bond acceptors (Lipinski definition) is 5. The van der Waals surface area contributed by atoms with E-state index in [1.54, 1.807) is 19.2 Å². The van der Waals surface area contributed by atoms with Crippen molar-refractivity contribution in [2.75, 3.05) is 12.4 Å². The summed E-state index contributed by atoms with van der Waals surface area (Å²) in [4.78, 5) is 22.0. The zero-order valence-electron chi connectivity index (χ0n) is 11.6. The summed E-state index contributed by atoms with van der Waals surface area (Å²) in [7, 11) is 1.68. The lowest BCUT2D eigenvalue weighted by Crippen LogP contribution is -2.18. The molecule has 0 bridgehead atoms. The van der Waals surface area contributed by atoms with Crippen molar-refractivity contribution in [1.82, 2.24) is 0 Å². The monoisotopic (exact) mass is 278 g/mol. The molecule has 0 aliphatic heterocycles. The van der Waals surface area contributed by atoms with E-state index in [2.05, 4.69) is 5.32 Å². The molecule has 0 amide bonds. The van der Waals surface area contributed by atoms with E-state index in [1.807, 2.05) is 0 Å². The minimum Gasteiger partial charge on any atom is -0.381 e. The smallest absolute Gasteiger partial charge is 0.293 e. The van der Waals surface area contributed by atoms with Crippen molar-refractivity contribution >= 4 is 17.2 Å². The summed E-state index contributed by atoms with van der Waals surface area (Å²) < 4.78 is 5.29. The molecule has 0 radical (unpaired) electrons. The van der Waals surface area contributed by atoms with Crippen LogP contribution >= 0.6 is 0 Å². The SMILES string of the molecule is COC1CCC(Nc2ccc(C(C)=O)cc2[N+](=O)[O-])C1. The third-order valence-electron chi connectivity index (χ3n) is 3.68. The zero-order chi connectivity index (χ0) is 14.7. The first-order valence-corrected chi connectivity index (χ1v) is 6.60. The van der Waals surface area contributed by atoms with Crippen molar-refractivity contribution in [2.24, 2.45) is 0 Å². The molecule has 1 fully saturated rings. The van der Waals surface area contributed by atoms with Gasteiger partial charge in [0.15, 0.2) is 5.78 Å². The Morgan fingerprint density at radius 2 is 2.20 bits per heavy atom. The average molecular weight is 278 g/mol. The van der Waals surface area contributed by atoms with Crippen LogP contribution in [-0.4, -0.2) is 30.0 Å².